The van der Waals surface area contributed by atoms with Crippen LogP contribution in [0.3, 0.4) is 0 Å². The molecule has 0 bridgehead atoms. The van der Waals surface area contributed by atoms with E-state index in [1.54, 1.807) is 11.9 Å². The van der Waals surface area contributed by atoms with Gasteiger partial charge in [0, 0.05) is 36.7 Å². The highest BCUT2D eigenvalue weighted by Crippen LogP contribution is 2.22. The monoisotopic (exact) mass is 335 g/mol. The van der Waals surface area contributed by atoms with E-state index in [1.165, 1.54) is 5.56 Å². The third kappa shape index (κ3) is 3.77. The molecule has 1 atom stereocenters. The van der Waals surface area contributed by atoms with Gasteiger partial charge in [0.15, 0.2) is 0 Å². The molecule has 2 N–H and O–H groups in total. The number of rotatable bonds is 4. The molecule has 1 heterocycles. The summed E-state index contributed by atoms with van der Waals surface area (Å²) in [6.45, 7) is 8.50. The zero-order valence-corrected chi connectivity index (χ0v) is 15.3. The van der Waals surface area contributed by atoms with Crippen LogP contribution in [-0.2, 0) is 0 Å². The number of carbonyl (C=O) groups excluding carboxylic acids is 1. The van der Waals surface area contributed by atoms with Gasteiger partial charge in [-0.05, 0) is 51.5 Å². The predicted octanol–water partition coefficient (Wildman–Crippen LogP) is 3.24. The average molecular weight is 336 g/mol. The summed E-state index contributed by atoms with van der Waals surface area (Å²) in [6, 6.07) is 10.3. The first kappa shape index (κ1) is 19.3. The topological polar surface area (TPSA) is 51.3 Å². The van der Waals surface area contributed by atoms with Crippen molar-refractivity contribution in [1.29, 1.82) is 0 Å². The highest BCUT2D eigenvalue weighted by atomic mass is 35.5. The molecular weight excluding hydrogens is 310 g/mol. The Hall–Kier alpha value is -1.78. The molecule has 1 aromatic heterocycles. The van der Waals surface area contributed by atoms with Gasteiger partial charge >= 0.3 is 0 Å². The van der Waals surface area contributed by atoms with Gasteiger partial charge in [-0.25, -0.2) is 0 Å². The van der Waals surface area contributed by atoms with Gasteiger partial charge < -0.3 is 15.2 Å². The number of hydrogen-bond acceptors (Lipinski definition) is 2. The van der Waals surface area contributed by atoms with Crippen LogP contribution >= 0.6 is 12.4 Å². The zero-order chi connectivity index (χ0) is 16.4. The summed E-state index contributed by atoms with van der Waals surface area (Å²) in [5.41, 5.74) is 10.7. The Balaban J connectivity index is 0.00000264. The minimum atomic E-state index is 0. The molecule has 2 rings (SSSR count). The van der Waals surface area contributed by atoms with Gasteiger partial charge in [-0.3, -0.25) is 4.79 Å². The number of nitrogens with zero attached hydrogens (tertiary/aromatic N) is 2. The summed E-state index contributed by atoms with van der Waals surface area (Å²) in [7, 11) is 1.80. The largest absolute Gasteiger partial charge is 0.338 e. The molecule has 0 aliphatic carbocycles. The number of benzene rings is 1. The molecule has 0 spiro atoms. The Bertz CT molecular complexity index is 694. The number of carbonyl (C=O) groups is 1. The molecule has 2 aromatic rings. The molecule has 0 saturated carbocycles. The first-order valence-corrected chi connectivity index (χ1v) is 7.60. The van der Waals surface area contributed by atoms with Crippen molar-refractivity contribution >= 4 is 18.3 Å². The number of halogens is 1. The predicted molar refractivity (Wildman–Crippen MR) is 97.8 cm³/mol. The highest BCUT2D eigenvalue weighted by molar-refractivity contribution is 5.96. The van der Waals surface area contributed by atoms with Crippen molar-refractivity contribution in [2.24, 2.45) is 5.73 Å². The first-order valence-electron chi connectivity index (χ1n) is 7.60. The third-order valence-corrected chi connectivity index (χ3v) is 4.24. The number of nitrogens with two attached hydrogens (primary N) is 1. The standard InChI is InChI=1S/C18H25N3O.ClH/c1-12-7-6-8-16(9-12)21-13(2)10-17(15(21)4)18(22)20(5)14(3)11-19;/h6-10,14H,11,19H2,1-5H3;1H. The van der Waals surface area contributed by atoms with Crippen molar-refractivity contribution in [1.82, 2.24) is 9.47 Å². The average Bonchev–Trinajstić information content (AvgIpc) is 2.79. The lowest BCUT2D eigenvalue weighted by Gasteiger charge is -2.23. The Morgan fingerprint density at radius 3 is 2.48 bits per heavy atom. The molecule has 1 amide bonds. The highest BCUT2D eigenvalue weighted by Gasteiger charge is 2.22. The van der Waals surface area contributed by atoms with Gasteiger partial charge in [0.1, 0.15) is 0 Å². The number of hydrogen-bond donors (Lipinski definition) is 1. The van der Waals surface area contributed by atoms with Crippen molar-refractivity contribution in [3.05, 3.63) is 52.8 Å². The minimum Gasteiger partial charge on any atom is -0.338 e. The van der Waals surface area contributed by atoms with E-state index < -0.39 is 0 Å². The van der Waals surface area contributed by atoms with Crippen molar-refractivity contribution in [2.75, 3.05) is 13.6 Å². The fourth-order valence-corrected chi connectivity index (χ4v) is 2.69. The van der Waals surface area contributed by atoms with Gasteiger partial charge in [0.25, 0.3) is 5.91 Å². The van der Waals surface area contributed by atoms with Gasteiger partial charge in [0.2, 0.25) is 0 Å². The quantitative estimate of drug-likeness (QED) is 0.932. The van der Waals surface area contributed by atoms with Crippen molar-refractivity contribution in [3.8, 4) is 5.69 Å². The normalized spacial score (nSPS) is 11.7. The van der Waals surface area contributed by atoms with E-state index in [4.69, 9.17) is 5.73 Å². The molecule has 0 aliphatic rings. The number of amides is 1. The fraction of sp³-hybridized carbons (Fsp3) is 0.389. The molecule has 0 saturated heterocycles. The fourth-order valence-electron chi connectivity index (χ4n) is 2.69. The molecule has 0 radical (unpaired) electrons. The second-order valence-corrected chi connectivity index (χ2v) is 5.96. The van der Waals surface area contributed by atoms with Crippen molar-refractivity contribution < 1.29 is 4.79 Å². The minimum absolute atomic E-state index is 0. The molecule has 5 heteroatoms. The molecule has 0 aliphatic heterocycles. The SMILES string of the molecule is Cc1cccc(-n2c(C)cc(C(=O)N(C)C(C)CN)c2C)c1.Cl. The Kier molecular flexibility index (Phi) is 6.42. The van der Waals surface area contributed by atoms with Gasteiger partial charge in [-0.2, -0.15) is 0 Å². The lowest BCUT2D eigenvalue weighted by molar-refractivity contribution is 0.0747. The third-order valence-electron chi connectivity index (χ3n) is 4.24. The van der Waals surface area contributed by atoms with Crippen LogP contribution in [0.25, 0.3) is 5.69 Å². The van der Waals surface area contributed by atoms with Crippen molar-refractivity contribution in [3.63, 3.8) is 0 Å². The number of aryl methyl sites for hydroxylation is 2. The van der Waals surface area contributed by atoms with Crippen LogP contribution in [0.1, 0.15) is 34.2 Å². The Labute approximate surface area is 144 Å². The van der Waals surface area contributed by atoms with Gasteiger partial charge in [0.05, 0.1) is 5.56 Å². The zero-order valence-electron chi connectivity index (χ0n) is 14.5. The molecular formula is C18H26ClN3O. The molecule has 23 heavy (non-hydrogen) atoms. The maximum absolute atomic E-state index is 12.7. The molecule has 4 nitrogen and oxygen atoms in total. The van der Waals surface area contributed by atoms with Crippen LogP contribution in [0.5, 0.6) is 0 Å². The van der Waals surface area contributed by atoms with E-state index in [2.05, 4.69) is 29.7 Å². The maximum Gasteiger partial charge on any atom is 0.255 e. The summed E-state index contributed by atoms with van der Waals surface area (Å²) in [5, 5.41) is 0. The van der Waals surface area contributed by atoms with Crippen LogP contribution in [0, 0.1) is 20.8 Å². The summed E-state index contributed by atoms with van der Waals surface area (Å²) >= 11 is 0. The van der Waals surface area contributed by atoms with Crippen LogP contribution in [0.4, 0.5) is 0 Å². The van der Waals surface area contributed by atoms with Crippen molar-refractivity contribution in [2.45, 2.75) is 33.7 Å². The van der Waals surface area contributed by atoms with E-state index in [0.29, 0.717) is 6.54 Å². The lowest BCUT2D eigenvalue weighted by atomic mass is 10.2. The van der Waals surface area contributed by atoms with E-state index in [0.717, 1.165) is 22.6 Å². The van der Waals surface area contributed by atoms with Gasteiger partial charge in [-0.1, -0.05) is 12.1 Å². The molecule has 0 fully saturated rings. The molecule has 1 aromatic carbocycles. The Morgan fingerprint density at radius 2 is 1.91 bits per heavy atom. The smallest absolute Gasteiger partial charge is 0.255 e. The number of likely N-dealkylation sites (N-methyl/N-ethyl adjacent to an activating group) is 1. The number of aromatic nitrogens is 1. The Morgan fingerprint density at radius 1 is 1.26 bits per heavy atom. The summed E-state index contributed by atoms with van der Waals surface area (Å²) < 4.78 is 2.13. The second-order valence-electron chi connectivity index (χ2n) is 5.96. The summed E-state index contributed by atoms with van der Waals surface area (Å²) in [6.07, 6.45) is 0. The van der Waals surface area contributed by atoms with Crippen LogP contribution in [-0.4, -0.2) is 35.0 Å². The summed E-state index contributed by atoms with van der Waals surface area (Å²) in [5.74, 6) is 0.0185. The summed E-state index contributed by atoms with van der Waals surface area (Å²) in [4.78, 5) is 14.4. The van der Waals surface area contributed by atoms with Gasteiger partial charge in [-0.15, -0.1) is 12.4 Å². The van der Waals surface area contributed by atoms with Crippen LogP contribution in [0.2, 0.25) is 0 Å². The second kappa shape index (κ2) is 7.66. The van der Waals surface area contributed by atoms with Crippen LogP contribution < -0.4 is 5.73 Å². The molecule has 1 unspecified atom stereocenters. The lowest BCUT2D eigenvalue weighted by Crippen LogP contribution is -2.39. The van der Waals surface area contributed by atoms with E-state index >= 15 is 0 Å². The first-order chi connectivity index (χ1) is 10.4. The molecule has 126 valence electrons. The van der Waals surface area contributed by atoms with E-state index in [1.807, 2.05) is 32.9 Å². The van der Waals surface area contributed by atoms with E-state index in [9.17, 15) is 4.79 Å². The van der Waals surface area contributed by atoms with E-state index in [-0.39, 0.29) is 24.4 Å². The van der Waals surface area contributed by atoms with Crippen LogP contribution in [0.15, 0.2) is 30.3 Å². The maximum atomic E-state index is 12.7.